The fourth-order valence-electron chi connectivity index (χ4n) is 2.54. The first-order valence-electron chi connectivity index (χ1n) is 7.41. The summed E-state index contributed by atoms with van der Waals surface area (Å²) >= 11 is 0. The smallest absolute Gasteiger partial charge is 0.335 e. The molecule has 6 nitrogen and oxygen atoms in total. The van der Waals surface area contributed by atoms with E-state index in [9.17, 15) is 14.0 Å². The molecule has 1 aliphatic heterocycles. The van der Waals surface area contributed by atoms with Crippen LogP contribution in [0.4, 0.5) is 4.39 Å². The second-order valence-corrected chi connectivity index (χ2v) is 5.47. The molecule has 2 rings (SSSR count). The van der Waals surface area contributed by atoms with E-state index in [2.05, 4.69) is 0 Å². The van der Waals surface area contributed by atoms with Crippen molar-refractivity contribution in [1.82, 2.24) is 4.90 Å². The van der Waals surface area contributed by atoms with Gasteiger partial charge in [-0.3, -0.25) is 4.79 Å². The molecule has 1 unspecified atom stereocenters. The van der Waals surface area contributed by atoms with Crippen molar-refractivity contribution in [3.8, 4) is 0 Å². The second-order valence-electron chi connectivity index (χ2n) is 5.47. The summed E-state index contributed by atoms with van der Waals surface area (Å²) in [6, 6.07) is 3.33. The van der Waals surface area contributed by atoms with Gasteiger partial charge in [0.05, 0.1) is 30.9 Å². The lowest BCUT2D eigenvalue weighted by Crippen LogP contribution is -2.30. The van der Waals surface area contributed by atoms with Crippen LogP contribution >= 0.6 is 0 Å². The number of carbonyl (C=O) groups is 2. The lowest BCUT2D eigenvalue weighted by molar-refractivity contribution is 0.0515. The van der Waals surface area contributed by atoms with Crippen LogP contribution in [-0.2, 0) is 9.47 Å². The van der Waals surface area contributed by atoms with Gasteiger partial charge < -0.3 is 19.5 Å². The largest absolute Gasteiger partial charge is 0.478 e. The van der Waals surface area contributed by atoms with Crippen LogP contribution in [-0.4, -0.2) is 61.9 Å². The number of methoxy groups -OCH3 is 1. The van der Waals surface area contributed by atoms with Gasteiger partial charge in [0.15, 0.2) is 0 Å². The number of rotatable bonds is 7. The number of likely N-dealkylation sites (tertiary alicyclic amines) is 1. The average Bonchev–Trinajstić information content (AvgIpc) is 2.99. The minimum atomic E-state index is -1.22. The Morgan fingerprint density at radius 2 is 2.17 bits per heavy atom. The van der Waals surface area contributed by atoms with E-state index in [4.69, 9.17) is 14.6 Å². The fraction of sp³-hybridized carbons (Fsp3) is 0.500. The Bertz CT molecular complexity index is 578. The van der Waals surface area contributed by atoms with Crippen molar-refractivity contribution in [2.75, 3.05) is 40.0 Å². The van der Waals surface area contributed by atoms with Crippen LogP contribution in [0.5, 0.6) is 0 Å². The predicted octanol–water partition coefficient (Wildman–Crippen LogP) is 1.65. The van der Waals surface area contributed by atoms with Crippen LogP contribution in [0.25, 0.3) is 0 Å². The van der Waals surface area contributed by atoms with E-state index in [-0.39, 0.29) is 17.0 Å². The van der Waals surface area contributed by atoms with Gasteiger partial charge >= 0.3 is 5.97 Å². The Kier molecular flexibility index (Phi) is 6.06. The summed E-state index contributed by atoms with van der Waals surface area (Å²) < 4.78 is 24.3. The fourth-order valence-corrected chi connectivity index (χ4v) is 2.54. The minimum absolute atomic E-state index is 0.101. The predicted molar refractivity (Wildman–Crippen MR) is 80.1 cm³/mol. The molecule has 0 aromatic heterocycles. The Morgan fingerprint density at radius 1 is 1.39 bits per heavy atom. The van der Waals surface area contributed by atoms with Crippen molar-refractivity contribution in [3.05, 3.63) is 35.1 Å². The van der Waals surface area contributed by atoms with Crippen molar-refractivity contribution in [1.29, 1.82) is 0 Å². The van der Waals surface area contributed by atoms with Gasteiger partial charge in [-0.05, 0) is 24.6 Å². The normalized spacial score (nSPS) is 17.5. The van der Waals surface area contributed by atoms with Crippen molar-refractivity contribution in [2.45, 2.75) is 6.42 Å². The molecule has 1 aromatic carbocycles. The first-order valence-corrected chi connectivity index (χ1v) is 7.41. The molecule has 0 aliphatic carbocycles. The molecule has 7 heteroatoms. The number of halogens is 1. The molecule has 1 amide bonds. The quantitative estimate of drug-likeness (QED) is 0.772. The zero-order chi connectivity index (χ0) is 16.8. The van der Waals surface area contributed by atoms with E-state index in [0.29, 0.717) is 32.9 Å². The van der Waals surface area contributed by atoms with E-state index in [1.807, 2.05) is 0 Å². The molecular formula is C16H20FNO5. The van der Waals surface area contributed by atoms with Crippen LogP contribution in [0.15, 0.2) is 18.2 Å². The number of ether oxygens (including phenoxy) is 2. The van der Waals surface area contributed by atoms with E-state index in [1.165, 1.54) is 12.1 Å². The van der Waals surface area contributed by atoms with Crippen molar-refractivity contribution in [3.63, 3.8) is 0 Å². The Labute approximate surface area is 133 Å². The van der Waals surface area contributed by atoms with Crippen LogP contribution in [0.1, 0.15) is 27.1 Å². The standard InChI is InChI=1S/C16H20FNO5/c1-22-6-7-23-10-11-4-5-18(9-11)15(19)13-3-2-12(16(20)21)8-14(13)17/h2-3,8,11H,4-7,9-10H2,1H3,(H,20,21). The number of benzene rings is 1. The van der Waals surface area contributed by atoms with Crippen LogP contribution < -0.4 is 0 Å². The van der Waals surface area contributed by atoms with Crippen molar-refractivity contribution < 1.29 is 28.6 Å². The molecule has 1 fully saturated rings. The van der Waals surface area contributed by atoms with Crippen LogP contribution in [0, 0.1) is 11.7 Å². The maximum atomic E-state index is 13.9. The molecule has 1 saturated heterocycles. The molecule has 126 valence electrons. The van der Waals surface area contributed by atoms with E-state index < -0.39 is 17.7 Å². The summed E-state index contributed by atoms with van der Waals surface area (Å²) in [7, 11) is 1.60. The Balaban J connectivity index is 1.93. The molecule has 1 N–H and O–H groups in total. The topological polar surface area (TPSA) is 76.1 Å². The molecule has 1 atom stereocenters. The zero-order valence-corrected chi connectivity index (χ0v) is 13.0. The van der Waals surface area contributed by atoms with Crippen LogP contribution in [0.3, 0.4) is 0 Å². The summed E-state index contributed by atoms with van der Waals surface area (Å²) in [6.07, 6.45) is 0.799. The molecule has 0 radical (unpaired) electrons. The summed E-state index contributed by atoms with van der Waals surface area (Å²) in [4.78, 5) is 24.7. The summed E-state index contributed by atoms with van der Waals surface area (Å²) in [6.45, 7) is 2.61. The Hall–Kier alpha value is -1.99. The highest BCUT2D eigenvalue weighted by atomic mass is 19.1. The monoisotopic (exact) mass is 325 g/mol. The lowest BCUT2D eigenvalue weighted by atomic mass is 10.1. The van der Waals surface area contributed by atoms with Crippen molar-refractivity contribution in [2.24, 2.45) is 5.92 Å². The SMILES string of the molecule is COCCOCC1CCN(C(=O)c2ccc(C(=O)O)cc2F)C1. The van der Waals surface area contributed by atoms with Gasteiger partial charge in [-0.2, -0.15) is 0 Å². The van der Waals surface area contributed by atoms with Crippen molar-refractivity contribution >= 4 is 11.9 Å². The first kappa shape index (κ1) is 17.4. The molecule has 1 aromatic rings. The third-order valence-corrected chi connectivity index (χ3v) is 3.80. The van der Waals surface area contributed by atoms with Gasteiger partial charge in [0.2, 0.25) is 0 Å². The minimum Gasteiger partial charge on any atom is -0.478 e. The number of amides is 1. The average molecular weight is 325 g/mol. The van der Waals surface area contributed by atoms with Gasteiger partial charge in [0, 0.05) is 26.1 Å². The maximum absolute atomic E-state index is 13.9. The summed E-state index contributed by atoms with van der Waals surface area (Å²) in [5.41, 5.74) is -0.277. The van der Waals surface area contributed by atoms with E-state index in [1.54, 1.807) is 12.0 Å². The number of carbonyl (C=O) groups excluding carboxylic acids is 1. The third-order valence-electron chi connectivity index (χ3n) is 3.80. The number of hydrogen-bond acceptors (Lipinski definition) is 4. The van der Waals surface area contributed by atoms with E-state index >= 15 is 0 Å². The van der Waals surface area contributed by atoms with Gasteiger partial charge in [0.1, 0.15) is 5.82 Å². The van der Waals surface area contributed by atoms with Gasteiger partial charge in [0.25, 0.3) is 5.91 Å². The molecular weight excluding hydrogens is 305 g/mol. The Morgan fingerprint density at radius 3 is 2.83 bits per heavy atom. The highest BCUT2D eigenvalue weighted by molar-refractivity contribution is 5.96. The second kappa shape index (κ2) is 8.03. The number of hydrogen-bond donors (Lipinski definition) is 1. The van der Waals surface area contributed by atoms with Crippen LogP contribution in [0.2, 0.25) is 0 Å². The highest BCUT2D eigenvalue weighted by Crippen LogP contribution is 2.21. The molecule has 1 aliphatic rings. The molecule has 0 bridgehead atoms. The number of aromatic carboxylic acids is 1. The highest BCUT2D eigenvalue weighted by Gasteiger charge is 2.28. The zero-order valence-electron chi connectivity index (χ0n) is 13.0. The van der Waals surface area contributed by atoms with Gasteiger partial charge in [-0.15, -0.1) is 0 Å². The molecule has 23 heavy (non-hydrogen) atoms. The molecule has 1 heterocycles. The number of carboxylic acid groups (broad SMARTS) is 1. The van der Waals surface area contributed by atoms with E-state index in [0.717, 1.165) is 12.5 Å². The maximum Gasteiger partial charge on any atom is 0.335 e. The summed E-state index contributed by atoms with van der Waals surface area (Å²) in [5, 5.41) is 8.82. The first-order chi connectivity index (χ1) is 11.0. The summed E-state index contributed by atoms with van der Waals surface area (Å²) in [5.74, 6) is -2.23. The number of carboxylic acids is 1. The molecule has 0 spiro atoms. The number of nitrogens with zero attached hydrogens (tertiary/aromatic N) is 1. The molecule has 0 saturated carbocycles. The van der Waals surface area contributed by atoms with Gasteiger partial charge in [-0.25, -0.2) is 9.18 Å². The lowest BCUT2D eigenvalue weighted by Gasteiger charge is -2.17. The third kappa shape index (κ3) is 4.49. The van der Waals surface area contributed by atoms with Gasteiger partial charge in [-0.1, -0.05) is 0 Å².